The quantitative estimate of drug-likeness (QED) is 0.284. The number of esters is 1. The van der Waals surface area contributed by atoms with Gasteiger partial charge in [-0.1, -0.05) is 67.0 Å². The van der Waals surface area contributed by atoms with Gasteiger partial charge in [-0.2, -0.15) is 0 Å². The molecule has 0 aromatic rings. The summed E-state index contributed by atoms with van der Waals surface area (Å²) in [6.45, 7) is 22.1. The molecule has 5 rings (SSSR count). The van der Waals surface area contributed by atoms with Gasteiger partial charge in [-0.3, -0.25) is 4.79 Å². The predicted octanol–water partition coefficient (Wildman–Crippen LogP) is 8.60. The number of carbonyl (C=O) groups is 1. The second-order valence-electron chi connectivity index (χ2n) is 15.3. The maximum absolute atomic E-state index is 11.9. The standard InChI is InChI=1S/C32H52O2/c1-20-12-15-29(6)18-19-31(8)23(27(29)21(20)2)10-11-25-30(7)16-14-26(34-22(3)33)28(4,5)24(30)13-17-32(25,31)9/h10,20-21,24-27H,11-19H2,1-9H3/t20-,21+,24?,25-,26+,27+,29-,30+,31-,32-/m1/s1. The third-order valence-electron chi connectivity index (χ3n) is 13.6. The van der Waals surface area contributed by atoms with Gasteiger partial charge in [-0.05, 0) is 109 Å². The van der Waals surface area contributed by atoms with Crippen LogP contribution in [0.3, 0.4) is 0 Å². The van der Waals surface area contributed by atoms with E-state index in [-0.39, 0.29) is 17.5 Å². The Kier molecular flexibility index (Phi) is 5.57. The van der Waals surface area contributed by atoms with Crippen LogP contribution in [0.4, 0.5) is 0 Å². The molecule has 2 nitrogen and oxygen atoms in total. The van der Waals surface area contributed by atoms with E-state index in [1.165, 1.54) is 51.4 Å². The van der Waals surface area contributed by atoms with Crippen LogP contribution in [0.1, 0.15) is 120 Å². The first-order valence-electron chi connectivity index (χ1n) is 14.6. The van der Waals surface area contributed by atoms with Crippen LogP contribution in [0, 0.1) is 56.7 Å². The Morgan fingerprint density at radius 1 is 0.882 bits per heavy atom. The third-order valence-corrected chi connectivity index (χ3v) is 13.6. The van der Waals surface area contributed by atoms with E-state index in [4.69, 9.17) is 4.74 Å². The number of fused-ring (bicyclic) bond motifs is 7. The van der Waals surface area contributed by atoms with E-state index in [9.17, 15) is 4.79 Å². The molecule has 10 atom stereocenters. The molecule has 0 N–H and O–H groups in total. The van der Waals surface area contributed by atoms with E-state index in [0.29, 0.717) is 27.6 Å². The van der Waals surface area contributed by atoms with Crippen molar-refractivity contribution in [1.82, 2.24) is 0 Å². The van der Waals surface area contributed by atoms with E-state index in [1.807, 2.05) is 5.57 Å². The Labute approximate surface area is 210 Å². The second kappa shape index (κ2) is 7.61. The predicted molar refractivity (Wildman–Crippen MR) is 140 cm³/mol. The molecule has 0 aromatic heterocycles. The molecule has 4 fully saturated rings. The van der Waals surface area contributed by atoms with Crippen molar-refractivity contribution in [3.05, 3.63) is 11.6 Å². The monoisotopic (exact) mass is 468 g/mol. The van der Waals surface area contributed by atoms with Crippen molar-refractivity contribution in [2.24, 2.45) is 56.7 Å². The number of rotatable bonds is 1. The van der Waals surface area contributed by atoms with E-state index in [1.54, 1.807) is 6.92 Å². The minimum Gasteiger partial charge on any atom is -0.462 e. The van der Waals surface area contributed by atoms with Gasteiger partial charge in [0.1, 0.15) is 6.10 Å². The molecule has 0 heterocycles. The molecule has 4 saturated carbocycles. The summed E-state index contributed by atoms with van der Waals surface area (Å²) in [5, 5.41) is 0. The lowest BCUT2D eigenvalue weighted by molar-refractivity contribution is -0.212. The fraction of sp³-hybridized carbons (Fsp3) is 0.906. The Hall–Kier alpha value is -0.790. The van der Waals surface area contributed by atoms with Crippen LogP contribution in [0.15, 0.2) is 11.6 Å². The van der Waals surface area contributed by atoms with E-state index >= 15 is 0 Å². The first-order valence-corrected chi connectivity index (χ1v) is 14.6. The van der Waals surface area contributed by atoms with E-state index < -0.39 is 0 Å². The van der Waals surface area contributed by atoms with Gasteiger partial charge in [-0.15, -0.1) is 0 Å². The average Bonchev–Trinajstić information content (AvgIpc) is 2.74. The number of hydrogen-bond acceptors (Lipinski definition) is 2. The molecule has 2 heteroatoms. The van der Waals surface area contributed by atoms with Crippen LogP contribution in [-0.2, 0) is 9.53 Å². The Morgan fingerprint density at radius 3 is 2.26 bits per heavy atom. The molecular weight excluding hydrogens is 416 g/mol. The average molecular weight is 469 g/mol. The largest absolute Gasteiger partial charge is 0.462 e. The van der Waals surface area contributed by atoms with Crippen molar-refractivity contribution in [3.63, 3.8) is 0 Å². The third kappa shape index (κ3) is 3.08. The lowest BCUT2D eigenvalue weighted by Gasteiger charge is -2.71. The zero-order chi connectivity index (χ0) is 24.9. The first-order chi connectivity index (χ1) is 15.7. The van der Waals surface area contributed by atoms with Gasteiger partial charge >= 0.3 is 5.97 Å². The summed E-state index contributed by atoms with van der Waals surface area (Å²) in [4.78, 5) is 11.9. The van der Waals surface area contributed by atoms with Crippen molar-refractivity contribution in [2.45, 2.75) is 126 Å². The Bertz CT molecular complexity index is 885. The van der Waals surface area contributed by atoms with Gasteiger partial charge in [0.2, 0.25) is 0 Å². The fourth-order valence-electron chi connectivity index (χ4n) is 11.2. The van der Waals surface area contributed by atoms with E-state index in [0.717, 1.165) is 30.1 Å². The molecule has 5 aliphatic carbocycles. The molecule has 192 valence electrons. The molecular formula is C32H52O2. The number of carbonyl (C=O) groups excluding carboxylic acids is 1. The lowest BCUT2D eigenvalue weighted by atomic mass is 9.33. The van der Waals surface area contributed by atoms with Gasteiger partial charge in [0.15, 0.2) is 0 Å². The molecule has 1 unspecified atom stereocenters. The summed E-state index contributed by atoms with van der Waals surface area (Å²) in [5.74, 6) is 3.66. The molecule has 0 saturated heterocycles. The highest BCUT2D eigenvalue weighted by Crippen LogP contribution is 2.75. The van der Waals surface area contributed by atoms with Crippen molar-refractivity contribution < 1.29 is 9.53 Å². The lowest BCUT2D eigenvalue weighted by Crippen LogP contribution is -2.65. The van der Waals surface area contributed by atoms with Crippen LogP contribution >= 0.6 is 0 Å². The maximum Gasteiger partial charge on any atom is 0.302 e. The molecule has 0 bridgehead atoms. The van der Waals surface area contributed by atoms with Crippen LogP contribution in [0.25, 0.3) is 0 Å². The van der Waals surface area contributed by atoms with Gasteiger partial charge in [0.25, 0.3) is 0 Å². The summed E-state index contributed by atoms with van der Waals surface area (Å²) in [6.07, 6.45) is 14.6. The summed E-state index contributed by atoms with van der Waals surface area (Å²) in [7, 11) is 0. The summed E-state index contributed by atoms with van der Waals surface area (Å²) in [5.41, 5.74) is 3.44. The molecule has 0 radical (unpaired) electrons. The van der Waals surface area contributed by atoms with Gasteiger partial charge in [0.05, 0.1) is 0 Å². The van der Waals surface area contributed by atoms with Crippen molar-refractivity contribution >= 4 is 5.97 Å². The SMILES string of the molecule is CC(=O)O[C@H]1CC[C@@]2(C)C(CC[C@]3(C)[C@@H]2CC=C2[C@@H]4[C@@H](C)[C@H](C)CC[C@]4(C)CC[C@]23C)C1(C)C. The Morgan fingerprint density at radius 2 is 1.59 bits per heavy atom. The molecule has 34 heavy (non-hydrogen) atoms. The summed E-state index contributed by atoms with van der Waals surface area (Å²) >= 11 is 0. The van der Waals surface area contributed by atoms with Crippen molar-refractivity contribution in [2.75, 3.05) is 0 Å². The zero-order valence-corrected chi connectivity index (χ0v) is 23.7. The highest BCUT2D eigenvalue weighted by molar-refractivity contribution is 5.66. The summed E-state index contributed by atoms with van der Waals surface area (Å²) in [6, 6.07) is 0. The van der Waals surface area contributed by atoms with Crippen LogP contribution in [-0.4, -0.2) is 12.1 Å². The van der Waals surface area contributed by atoms with Crippen molar-refractivity contribution in [1.29, 1.82) is 0 Å². The molecule has 0 aromatic carbocycles. The molecule has 0 aliphatic heterocycles. The minimum atomic E-state index is -0.110. The van der Waals surface area contributed by atoms with Crippen LogP contribution in [0.2, 0.25) is 0 Å². The zero-order valence-electron chi connectivity index (χ0n) is 23.7. The number of hydrogen-bond donors (Lipinski definition) is 0. The number of ether oxygens (including phenoxy) is 1. The first kappa shape index (κ1) is 24.9. The molecule has 0 amide bonds. The van der Waals surface area contributed by atoms with Crippen LogP contribution in [0.5, 0.6) is 0 Å². The number of allylic oxidation sites excluding steroid dienone is 2. The molecule has 0 spiro atoms. The summed E-state index contributed by atoms with van der Waals surface area (Å²) < 4.78 is 5.91. The van der Waals surface area contributed by atoms with Gasteiger partial charge in [-0.25, -0.2) is 0 Å². The van der Waals surface area contributed by atoms with Crippen molar-refractivity contribution in [3.8, 4) is 0 Å². The fourth-order valence-corrected chi connectivity index (χ4v) is 11.2. The maximum atomic E-state index is 11.9. The smallest absolute Gasteiger partial charge is 0.302 e. The normalized spacial score (nSPS) is 54.0. The highest BCUT2D eigenvalue weighted by Gasteiger charge is 2.68. The van der Waals surface area contributed by atoms with Crippen LogP contribution < -0.4 is 0 Å². The molecule has 5 aliphatic rings. The van der Waals surface area contributed by atoms with E-state index in [2.05, 4.69) is 61.5 Å². The van der Waals surface area contributed by atoms with Gasteiger partial charge in [0, 0.05) is 12.3 Å². The topological polar surface area (TPSA) is 26.3 Å². The highest BCUT2D eigenvalue weighted by atomic mass is 16.5. The minimum absolute atomic E-state index is 0.0450. The Balaban J connectivity index is 1.54. The van der Waals surface area contributed by atoms with Gasteiger partial charge < -0.3 is 4.74 Å². The second-order valence-corrected chi connectivity index (χ2v) is 15.3.